The maximum absolute atomic E-state index is 12.0. The van der Waals surface area contributed by atoms with Gasteiger partial charge in [-0.1, -0.05) is 29.3 Å². The van der Waals surface area contributed by atoms with E-state index in [0.29, 0.717) is 28.8 Å². The Hall–Kier alpha value is -0.860. The zero-order chi connectivity index (χ0) is 17.6. The number of nitrogens with one attached hydrogen (secondary N) is 1. The standard InChI is InChI=1S/C14H21Cl2N3O3S/c1-18(2)9-10-19(23(3,21)22)8-7-13(20)17-14-11(15)5-4-6-12(14)16/h4-6H,7-10H2,1-3H3,(H,17,20). The monoisotopic (exact) mass is 381 g/mol. The van der Waals surface area contributed by atoms with Gasteiger partial charge < -0.3 is 10.2 Å². The number of hydrogen-bond donors (Lipinski definition) is 1. The van der Waals surface area contributed by atoms with Gasteiger partial charge in [0, 0.05) is 26.1 Å². The van der Waals surface area contributed by atoms with Crippen molar-refractivity contribution in [3.8, 4) is 0 Å². The van der Waals surface area contributed by atoms with Crippen LogP contribution >= 0.6 is 23.2 Å². The molecular formula is C14H21Cl2N3O3S. The number of para-hydroxylation sites is 1. The Labute approximate surface area is 147 Å². The molecule has 1 amide bonds. The van der Waals surface area contributed by atoms with Crippen molar-refractivity contribution in [3.05, 3.63) is 28.2 Å². The summed E-state index contributed by atoms with van der Waals surface area (Å²) in [6.45, 7) is 0.998. The molecular weight excluding hydrogens is 361 g/mol. The molecule has 9 heteroatoms. The lowest BCUT2D eigenvalue weighted by Gasteiger charge is -2.21. The molecule has 1 aromatic carbocycles. The number of benzene rings is 1. The number of sulfonamides is 1. The van der Waals surface area contributed by atoms with Crippen LogP contribution in [0.25, 0.3) is 0 Å². The molecule has 0 aliphatic rings. The van der Waals surface area contributed by atoms with Crippen LogP contribution in [0.4, 0.5) is 5.69 Å². The van der Waals surface area contributed by atoms with Gasteiger partial charge in [-0.15, -0.1) is 0 Å². The maximum Gasteiger partial charge on any atom is 0.225 e. The Bertz CT molecular complexity index is 630. The van der Waals surface area contributed by atoms with Crippen molar-refractivity contribution in [1.29, 1.82) is 0 Å². The number of halogens is 2. The first-order valence-electron chi connectivity index (χ1n) is 6.95. The summed E-state index contributed by atoms with van der Waals surface area (Å²) in [4.78, 5) is 13.9. The van der Waals surface area contributed by atoms with Crippen LogP contribution in [-0.2, 0) is 14.8 Å². The summed E-state index contributed by atoms with van der Waals surface area (Å²) in [5.41, 5.74) is 0.333. The largest absolute Gasteiger partial charge is 0.324 e. The van der Waals surface area contributed by atoms with E-state index in [4.69, 9.17) is 23.2 Å². The van der Waals surface area contributed by atoms with Crippen LogP contribution in [0.5, 0.6) is 0 Å². The average molecular weight is 382 g/mol. The van der Waals surface area contributed by atoms with Gasteiger partial charge in [0.1, 0.15) is 0 Å². The van der Waals surface area contributed by atoms with E-state index in [-0.39, 0.29) is 18.9 Å². The SMILES string of the molecule is CN(C)CCN(CCC(=O)Nc1c(Cl)cccc1Cl)S(C)(=O)=O. The minimum absolute atomic E-state index is 0.0159. The highest BCUT2D eigenvalue weighted by molar-refractivity contribution is 7.88. The topological polar surface area (TPSA) is 69.7 Å². The van der Waals surface area contributed by atoms with Crippen molar-refractivity contribution in [2.45, 2.75) is 6.42 Å². The van der Waals surface area contributed by atoms with Gasteiger partial charge in [0.15, 0.2) is 0 Å². The third kappa shape index (κ3) is 7.05. The van der Waals surface area contributed by atoms with Crippen molar-refractivity contribution in [2.24, 2.45) is 0 Å². The molecule has 0 saturated heterocycles. The predicted octanol–water partition coefficient (Wildman–Crippen LogP) is 2.15. The zero-order valence-corrected chi connectivity index (χ0v) is 15.7. The van der Waals surface area contributed by atoms with Crippen LogP contribution in [0.3, 0.4) is 0 Å². The van der Waals surface area contributed by atoms with Crippen LogP contribution in [0.1, 0.15) is 6.42 Å². The molecule has 1 aromatic rings. The van der Waals surface area contributed by atoms with E-state index in [2.05, 4.69) is 5.32 Å². The molecule has 0 bridgehead atoms. The lowest BCUT2D eigenvalue weighted by Crippen LogP contribution is -2.37. The highest BCUT2D eigenvalue weighted by atomic mass is 35.5. The fraction of sp³-hybridized carbons (Fsp3) is 0.500. The minimum atomic E-state index is -3.37. The van der Waals surface area contributed by atoms with Crippen molar-refractivity contribution >= 4 is 44.8 Å². The fourth-order valence-electron chi connectivity index (χ4n) is 1.80. The van der Waals surface area contributed by atoms with Gasteiger partial charge >= 0.3 is 0 Å². The predicted molar refractivity (Wildman–Crippen MR) is 94.7 cm³/mol. The number of likely N-dealkylation sites (N-methyl/N-ethyl adjacent to an activating group) is 1. The lowest BCUT2D eigenvalue weighted by atomic mass is 10.3. The normalized spacial score (nSPS) is 12.0. The first-order valence-corrected chi connectivity index (χ1v) is 9.55. The molecule has 0 aliphatic carbocycles. The lowest BCUT2D eigenvalue weighted by molar-refractivity contribution is -0.116. The molecule has 0 heterocycles. The van der Waals surface area contributed by atoms with Crippen molar-refractivity contribution < 1.29 is 13.2 Å². The molecule has 1 rings (SSSR count). The maximum atomic E-state index is 12.0. The number of hydrogen-bond acceptors (Lipinski definition) is 4. The Morgan fingerprint density at radius 1 is 1.13 bits per heavy atom. The smallest absolute Gasteiger partial charge is 0.225 e. The molecule has 0 radical (unpaired) electrons. The molecule has 0 aliphatic heterocycles. The van der Waals surface area contributed by atoms with Crippen molar-refractivity contribution in [2.75, 3.05) is 45.3 Å². The van der Waals surface area contributed by atoms with E-state index in [1.807, 2.05) is 19.0 Å². The molecule has 0 atom stereocenters. The van der Waals surface area contributed by atoms with Gasteiger partial charge in [0.25, 0.3) is 0 Å². The summed E-state index contributed by atoms with van der Waals surface area (Å²) in [5, 5.41) is 3.28. The van der Waals surface area contributed by atoms with Crippen LogP contribution < -0.4 is 5.32 Å². The van der Waals surface area contributed by atoms with Crippen LogP contribution in [-0.4, -0.2) is 63.5 Å². The molecule has 0 spiro atoms. The van der Waals surface area contributed by atoms with Gasteiger partial charge in [-0.25, -0.2) is 12.7 Å². The first kappa shape index (κ1) is 20.2. The third-order valence-corrected chi connectivity index (χ3v) is 5.01. The Balaban J connectivity index is 2.65. The molecule has 0 unspecified atom stereocenters. The van der Waals surface area contributed by atoms with Crippen molar-refractivity contribution in [1.82, 2.24) is 9.21 Å². The molecule has 0 fully saturated rings. The molecule has 6 nitrogen and oxygen atoms in total. The number of carbonyl (C=O) groups excluding carboxylic acids is 1. The Morgan fingerprint density at radius 2 is 1.70 bits per heavy atom. The minimum Gasteiger partial charge on any atom is -0.324 e. The summed E-state index contributed by atoms with van der Waals surface area (Å²) in [6.07, 6.45) is 1.15. The summed E-state index contributed by atoms with van der Waals surface area (Å²) >= 11 is 12.0. The van der Waals surface area contributed by atoms with Gasteiger partial charge in [0.2, 0.25) is 15.9 Å². The highest BCUT2D eigenvalue weighted by Crippen LogP contribution is 2.29. The van der Waals surface area contributed by atoms with Gasteiger partial charge in [-0.05, 0) is 26.2 Å². The number of amides is 1. The van der Waals surface area contributed by atoms with E-state index >= 15 is 0 Å². The summed E-state index contributed by atoms with van der Waals surface area (Å²) in [6, 6.07) is 4.90. The molecule has 0 aromatic heterocycles. The Morgan fingerprint density at radius 3 is 2.17 bits per heavy atom. The zero-order valence-electron chi connectivity index (χ0n) is 13.3. The second-order valence-corrected chi connectivity index (χ2v) is 8.16. The molecule has 23 heavy (non-hydrogen) atoms. The van der Waals surface area contributed by atoms with Gasteiger partial charge in [0.05, 0.1) is 22.0 Å². The van der Waals surface area contributed by atoms with Gasteiger partial charge in [-0.3, -0.25) is 4.79 Å². The fourth-order valence-corrected chi connectivity index (χ4v) is 3.13. The van der Waals surface area contributed by atoms with E-state index < -0.39 is 10.0 Å². The second-order valence-electron chi connectivity index (χ2n) is 5.36. The van der Waals surface area contributed by atoms with E-state index in [1.54, 1.807) is 18.2 Å². The number of carbonyl (C=O) groups is 1. The Kier molecular flexibility index (Phi) is 7.76. The average Bonchev–Trinajstić information content (AvgIpc) is 2.41. The third-order valence-electron chi connectivity index (χ3n) is 3.08. The van der Waals surface area contributed by atoms with Crippen LogP contribution in [0.15, 0.2) is 18.2 Å². The molecule has 0 saturated carbocycles. The number of nitrogens with zero attached hydrogens (tertiary/aromatic N) is 2. The van der Waals surface area contributed by atoms with Gasteiger partial charge in [-0.2, -0.15) is 0 Å². The quantitative estimate of drug-likeness (QED) is 0.748. The van der Waals surface area contributed by atoms with E-state index in [1.165, 1.54) is 4.31 Å². The van der Waals surface area contributed by atoms with Crippen LogP contribution in [0.2, 0.25) is 10.0 Å². The number of rotatable bonds is 8. The summed E-state index contributed by atoms with van der Waals surface area (Å²) in [7, 11) is 0.337. The number of anilines is 1. The summed E-state index contributed by atoms with van der Waals surface area (Å²) < 4.78 is 24.8. The van der Waals surface area contributed by atoms with E-state index in [0.717, 1.165) is 6.26 Å². The first-order chi connectivity index (χ1) is 10.6. The second kappa shape index (κ2) is 8.84. The highest BCUT2D eigenvalue weighted by Gasteiger charge is 2.18. The summed E-state index contributed by atoms with van der Waals surface area (Å²) in [5.74, 6) is -0.349. The molecule has 130 valence electrons. The van der Waals surface area contributed by atoms with E-state index in [9.17, 15) is 13.2 Å². The molecule has 1 N–H and O–H groups in total. The van der Waals surface area contributed by atoms with Crippen LogP contribution in [0, 0.1) is 0 Å². The van der Waals surface area contributed by atoms with Crippen molar-refractivity contribution in [3.63, 3.8) is 0 Å².